The van der Waals surface area contributed by atoms with Gasteiger partial charge in [-0.15, -0.1) is 0 Å². The number of aldehydes is 1. The summed E-state index contributed by atoms with van der Waals surface area (Å²) in [5.41, 5.74) is 0. The van der Waals surface area contributed by atoms with Crippen molar-refractivity contribution in [3.63, 3.8) is 0 Å². The van der Waals surface area contributed by atoms with Crippen LogP contribution in [0.5, 0.6) is 0 Å². The number of methoxy groups -OCH3 is 5. The predicted octanol–water partition coefficient (Wildman–Crippen LogP) is 3.00. The second kappa shape index (κ2) is 16.3. The molecular weight excluding hydrogens is 416 g/mol. The smallest absolute Gasteiger partial charge is 0.162 e. The highest BCUT2D eigenvalue weighted by molar-refractivity contribution is 5.48. The molecule has 0 saturated carbocycles. The number of unbranched alkanes of at least 4 members (excludes halogenated alkanes) is 1. The van der Waals surface area contributed by atoms with Crippen molar-refractivity contribution in [2.75, 3.05) is 55.4 Å². The molecule has 7 atom stereocenters. The Hall–Kier alpha value is -1.29. The van der Waals surface area contributed by atoms with Gasteiger partial charge in [-0.2, -0.15) is 0 Å². The van der Waals surface area contributed by atoms with Gasteiger partial charge in [0.1, 0.15) is 24.3 Å². The Morgan fingerprint density at radius 1 is 0.969 bits per heavy atom. The number of carbonyl (C=O) groups is 1. The summed E-state index contributed by atoms with van der Waals surface area (Å²) in [5.74, 6) is 1.90. The van der Waals surface area contributed by atoms with E-state index in [0.717, 1.165) is 25.1 Å². The van der Waals surface area contributed by atoms with E-state index in [4.69, 9.17) is 33.2 Å². The van der Waals surface area contributed by atoms with E-state index >= 15 is 0 Å². The lowest BCUT2D eigenvalue weighted by Gasteiger charge is -2.43. The normalized spacial score (nSPS) is 32.0. The number of hydrogen-bond donors (Lipinski definition) is 0. The zero-order valence-corrected chi connectivity index (χ0v) is 20.7. The minimum absolute atomic E-state index is 0.0520. The van der Waals surface area contributed by atoms with E-state index in [2.05, 4.69) is 19.1 Å². The summed E-state index contributed by atoms with van der Waals surface area (Å²) < 4.78 is 37.8. The molecule has 0 radical (unpaired) electrons. The Morgan fingerprint density at radius 2 is 1.66 bits per heavy atom. The summed E-state index contributed by atoms with van der Waals surface area (Å²) in [4.78, 5) is 10.1. The fourth-order valence-electron chi connectivity index (χ4n) is 3.93. The summed E-state index contributed by atoms with van der Waals surface area (Å²) in [6.07, 6.45) is 7.88. The first kappa shape index (κ1) is 28.7. The van der Waals surface area contributed by atoms with Gasteiger partial charge in [-0.05, 0) is 24.5 Å². The van der Waals surface area contributed by atoms with E-state index in [0.29, 0.717) is 31.5 Å². The molecule has 0 aromatic carbocycles. The molecule has 2 rings (SSSR count). The topological polar surface area (TPSA) is 81.7 Å². The van der Waals surface area contributed by atoms with Gasteiger partial charge in [-0.25, -0.2) is 0 Å². The third kappa shape index (κ3) is 8.92. The maximum atomic E-state index is 10.1. The van der Waals surface area contributed by atoms with Crippen LogP contribution < -0.4 is 0 Å². The Labute approximate surface area is 193 Å². The van der Waals surface area contributed by atoms with Crippen LogP contribution in [-0.2, 0) is 38.0 Å². The molecular formula is C24H42O8. The summed E-state index contributed by atoms with van der Waals surface area (Å²) >= 11 is 0. The second-order valence-electron chi connectivity index (χ2n) is 8.06. The lowest BCUT2D eigenvalue weighted by molar-refractivity contribution is -0.284. The largest absolute Gasteiger partial charge is 0.494 e. The third-order valence-corrected chi connectivity index (χ3v) is 5.76. The Balaban J connectivity index is 0.000000320. The number of hydrogen-bond acceptors (Lipinski definition) is 8. The lowest BCUT2D eigenvalue weighted by Crippen LogP contribution is -2.56. The molecule has 0 aromatic heterocycles. The first-order chi connectivity index (χ1) is 15.5. The van der Waals surface area contributed by atoms with Crippen molar-refractivity contribution in [2.24, 2.45) is 17.8 Å². The van der Waals surface area contributed by atoms with Crippen molar-refractivity contribution in [1.82, 2.24) is 0 Å². The van der Waals surface area contributed by atoms with Crippen molar-refractivity contribution >= 4 is 6.29 Å². The SMILES string of the molecule is COCC1C=CC(OCCCC=O)=CC1C.COCC1OC(OC)C(C)C(OC)C1OC. The average molecular weight is 459 g/mol. The van der Waals surface area contributed by atoms with Crippen molar-refractivity contribution in [3.05, 3.63) is 24.0 Å². The number of allylic oxidation sites excluding steroid dienone is 2. The van der Waals surface area contributed by atoms with Gasteiger partial charge in [0.15, 0.2) is 6.29 Å². The monoisotopic (exact) mass is 458 g/mol. The molecule has 0 bridgehead atoms. The van der Waals surface area contributed by atoms with E-state index in [1.54, 1.807) is 35.5 Å². The zero-order chi connectivity index (χ0) is 23.9. The maximum absolute atomic E-state index is 10.1. The van der Waals surface area contributed by atoms with Gasteiger partial charge >= 0.3 is 0 Å². The molecule has 1 heterocycles. The summed E-state index contributed by atoms with van der Waals surface area (Å²) in [6, 6.07) is 0. The van der Waals surface area contributed by atoms with Crippen LogP contribution in [0, 0.1) is 17.8 Å². The molecule has 1 saturated heterocycles. The first-order valence-electron chi connectivity index (χ1n) is 11.1. The number of carbonyl (C=O) groups excluding carboxylic acids is 1. The zero-order valence-electron chi connectivity index (χ0n) is 20.7. The van der Waals surface area contributed by atoms with Crippen LogP contribution in [0.15, 0.2) is 24.0 Å². The average Bonchev–Trinajstić information content (AvgIpc) is 2.79. The van der Waals surface area contributed by atoms with Gasteiger partial charge in [-0.3, -0.25) is 0 Å². The Morgan fingerprint density at radius 3 is 2.19 bits per heavy atom. The molecule has 32 heavy (non-hydrogen) atoms. The lowest BCUT2D eigenvalue weighted by atomic mass is 9.90. The van der Waals surface area contributed by atoms with Crippen molar-refractivity contribution < 1.29 is 38.0 Å². The molecule has 8 heteroatoms. The minimum Gasteiger partial charge on any atom is -0.494 e. The highest BCUT2D eigenvalue weighted by Crippen LogP contribution is 2.30. The van der Waals surface area contributed by atoms with E-state index in [9.17, 15) is 4.79 Å². The molecule has 0 amide bonds. The third-order valence-electron chi connectivity index (χ3n) is 5.76. The molecule has 0 N–H and O–H groups in total. The summed E-state index contributed by atoms with van der Waals surface area (Å²) in [6.45, 7) is 5.99. The van der Waals surface area contributed by atoms with Crippen molar-refractivity contribution in [3.8, 4) is 0 Å². The van der Waals surface area contributed by atoms with E-state index in [-0.39, 0.29) is 30.5 Å². The standard InChI is InChI=1S/C13H20O3.C11H22O5/c1-11-9-13(16-8-4-3-7-14)6-5-12(11)10-15-2;1-7-9(13-3)10(14-4)8(6-12-2)16-11(7)15-5/h5-7,9,11-12H,3-4,8,10H2,1-2H3;7-11H,6H2,1-5H3. The molecule has 1 fully saturated rings. The molecule has 0 aromatic rings. The molecule has 0 spiro atoms. The Kier molecular flexibility index (Phi) is 14.7. The van der Waals surface area contributed by atoms with Gasteiger partial charge in [-0.1, -0.05) is 19.9 Å². The van der Waals surface area contributed by atoms with Crippen LogP contribution in [-0.4, -0.2) is 86.3 Å². The van der Waals surface area contributed by atoms with Gasteiger partial charge in [0, 0.05) is 53.8 Å². The maximum Gasteiger partial charge on any atom is 0.162 e. The molecule has 186 valence electrons. The van der Waals surface area contributed by atoms with Gasteiger partial charge in [0.05, 0.1) is 25.9 Å². The fourth-order valence-corrected chi connectivity index (χ4v) is 3.93. The van der Waals surface area contributed by atoms with Crippen LogP contribution in [0.1, 0.15) is 26.7 Å². The number of ether oxygens (including phenoxy) is 7. The highest BCUT2D eigenvalue weighted by atomic mass is 16.7. The highest BCUT2D eigenvalue weighted by Gasteiger charge is 2.44. The molecule has 1 aliphatic carbocycles. The molecule has 1 aliphatic heterocycles. The molecule has 2 aliphatic rings. The quantitative estimate of drug-likeness (QED) is 0.326. The van der Waals surface area contributed by atoms with Crippen molar-refractivity contribution in [1.29, 1.82) is 0 Å². The first-order valence-corrected chi connectivity index (χ1v) is 11.1. The van der Waals surface area contributed by atoms with Crippen LogP contribution in [0.3, 0.4) is 0 Å². The van der Waals surface area contributed by atoms with E-state index in [1.165, 1.54) is 0 Å². The molecule has 7 unspecified atom stereocenters. The van der Waals surface area contributed by atoms with Crippen LogP contribution in [0.25, 0.3) is 0 Å². The summed E-state index contributed by atoms with van der Waals surface area (Å²) in [7, 11) is 8.32. The number of rotatable bonds is 12. The predicted molar refractivity (Wildman–Crippen MR) is 121 cm³/mol. The van der Waals surface area contributed by atoms with Crippen LogP contribution in [0.4, 0.5) is 0 Å². The Bertz CT molecular complexity index is 560. The van der Waals surface area contributed by atoms with Crippen LogP contribution in [0.2, 0.25) is 0 Å². The molecule has 8 nitrogen and oxygen atoms in total. The van der Waals surface area contributed by atoms with E-state index < -0.39 is 0 Å². The van der Waals surface area contributed by atoms with Crippen LogP contribution >= 0.6 is 0 Å². The minimum atomic E-state index is -0.281. The van der Waals surface area contributed by atoms with Gasteiger partial charge in [0.25, 0.3) is 0 Å². The van der Waals surface area contributed by atoms with E-state index in [1.807, 2.05) is 13.0 Å². The van der Waals surface area contributed by atoms with Crippen molar-refractivity contribution in [2.45, 2.75) is 51.3 Å². The van der Waals surface area contributed by atoms with Gasteiger partial charge in [0.2, 0.25) is 0 Å². The fraction of sp³-hybridized carbons (Fsp3) is 0.792. The summed E-state index contributed by atoms with van der Waals surface area (Å²) in [5, 5.41) is 0. The van der Waals surface area contributed by atoms with Gasteiger partial charge < -0.3 is 38.0 Å². The second-order valence-corrected chi connectivity index (χ2v) is 8.06.